The number of benzene rings is 1. The minimum absolute atomic E-state index is 0.584. The van der Waals surface area contributed by atoms with Crippen LogP contribution < -0.4 is 10.6 Å². The molecule has 1 unspecified atom stereocenters. The highest BCUT2D eigenvalue weighted by Crippen LogP contribution is 2.19. The Kier molecular flexibility index (Phi) is 11.9. The van der Waals surface area contributed by atoms with Crippen molar-refractivity contribution >= 4 is 0 Å². The van der Waals surface area contributed by atoms with E-state index in [9.17, 15) is 0 Å². The Morgan fingerprint density at radius 2 is 1.39 bits per heavy atom. The van der Waals surface area contributed by atoms with Gasteiger partial charge in [0, 0.05) is 70.8 Å². The minimum Gasteiger partial charge on any atom is -0.310 e. The van der Waals surface area contributed by atoms with Crippen molar-refractivity contribution in [3.8, 4) is 0 Å². The van der Waals surface area contributed by atoms with Gasteiger partial charge in [0.05, 0.1) is 11.4 Å². The zero-order valence-corrected chi connectivity index (χ0v) is 22.9. The molecular formula is C32H44N6. The number of rotatable bonds is 16. The minimum atomic E-state index is 0.584. The smallest absolute Gasteiger partial charge is 0.0541 e. The van der Waals surface area contributed by atoms with E-state index in [4.69, 9.17) is 0 Å². The number of likely N-dealkylation sites (N-methyl/N-ethyl adjacent to an activating group) is 1. The van der Waals surface area contributed by atoms with Gasteiger partial charge < -0.3 is 10.6 Å². The Morgan fingerprint density at radius 3 is 1.89 bits per heavy atom. The Morgan fingerprint density at radius 1 is 0.789 bits per heavy atom. The zero-order chi connectivity index (χ0) is 26.3. The van der Waals surface area contributed by atoms with Gasteiger partial charge in [-0.05, 0) is 61.2 Å². The molecule has 0 saturated carbocycles. The lowest BCUT2D eigenvalue weighted by molar-refractivity contribution is 0.216. The molecule has 4 rings (SSSR count). The van der Waals surface area contributed by atoms with E-state index in [-0.39, 0.29) is 0 Å². The molecule has 0 saturated heterocycles. The summed E-state index contributed by atoms with van der Waals surface area (Å²) in [4.78, 5) is 14.0. The van der Waals surface area contributed by atoms with Crippen LogP contribution in [-0.2, 0) is 26.2 Å². The average molecular weight is 513 g/mol. The van der Waals surface area contributed by atoms with E-state index >= 15 is 0 Å². The lowest BCUT2D eigenvalue weighted by Crippen LogP contribution is -2.36. The molecule has 38 heavy (non-hydrogen) atoms. The number of pyridine rings is 2. The highest BCUT2D eigenvalue weighted by atomic mass is 15.2. The summed E-state index contributed by atoms with van der Waals surface area (Å²) >= 11 is 0. The molecule has 6 nitrogen and oxygen atoms in total. The third-order valence-electron chi connectivity index (χ3n) is 7.19. The fourth-order valence-corrected chi connectivity index (χ4v) is 4.99. The summed E-state index contributed by atoms with van der Waals surface area (Å²) in [7, 11) is 0. The van der Waals surface area contributed by atoms with E-state index in [1.165, 1.54) is 30.4 Å². The number of nitrogens with one attached hydrogen (secondary N) is 2. The summed E-state index contributed by atoms with van der Waals surface area (Å²) in [5, 5.41) is 7.11. The van der Waals surface area contributed by atoms with Crippen molar-refractivity contribution in [2.45, 2.75) is 58.4 Å². The molecule has 0 bridgehead atoms. The van der Waals surface area contributed by atoms with Crippen LogP contribution in [0.4, 0.5) is 0 Å². The summed E-state index contributed by atoms with van der Waals surface area (Å²) in [5.74, 6) is 0. The summed E-state index contributed by atoms with van der Waals surface area (Å²) in [6.45, 7) is 10.7. The second-order valence-electron chi connectivity index (χ2n) is 10.1. The lowest BCUT2D eigenvalue weighted by atomic mass is 10.0. The maximum absolute atomic E-state index is 4.42. The quantitative estimate of drug-likeness (QED) is 0.213. The summed E-state index contributed by atoms with van der Waals surface area (Å²) in [6.07, 6.45) is 12.3. The Bertz CT molecular complexity index is 1010. The van der Waals surface area contributed by atoms with Gasteiger partial charge in [0.2, 0.25) is 0 Å². The SMILES string of the molecule is CCN(Cc1ccc(CN(CCNCc2ccccn2)CCNCc2ccccn2)cc1)C1C=CCCC1. The van der Waals surface area contributed by atoms with Crippen LogP contribution in [0.1, 0.15) is 48.7 Å². The molecule has 1 atom stereocenters. The maximum atomic E-state index is 4.42. The van der Waals surface area contributed by atoms with E-state index in [1.54, 1.807) is 0 Å². The normalized spacial score (nSPS) is 15.4. The van der Waals surface area contributed by atoms with Crippen LogP contribution in [0.25, 0.3) is 0 Å². The highest BCUT2D eigenvalue weighted by molar-refractivity contribution is 5.23. The number of nitrogens with zero attached hydrogens (tertiary/aromatic N) is 4. The summed E-state index contributed by atoms with van der Waals surface area (Å²) in [5.41, 5.74) is 4.92. The molecule has 0 spiro atoms. The van der Waals surface area contributed by atoms with Gasteiger partial charge in [-0.2, -0.15) is 0 Å². The number of hydrogen-bond donors (Lipinski definition) is 2. The number of hydrogen-bond acceptors (Lipinski definition) is 6. The summed E-state index contributed by atoms with van der Waals surface area (Å²) < 4.78 is 0. The van der Waals surface area contributed by atoms with Gasteiger partial charge >= 0.3 is 0 Å². The number of allylic oxidation sites excluding steroid dienone is 1. The van der Waals surface area contributed by atoms with Crippen LogP contribution in [0.15, 0.2) is 85.2 Å². The topological polar surface area (TPSA) is 56.3 Å². The van der Waals surface area contributed by atoms with Gasteiger partial charge in [0.25, 0.3) is 0 Å². The van der Waals surface area contributed by atoms with Crippen LogP contribution >= 0.6 is 0 Å². The first-order valence-electron chi connectivity index (χ1n) is 14.2. The molecule has 2 aromatic heterocycles. The summed E-state index contributed by atoms with van der Waals surface area (Å²) in [6, 6.07) is 22.0. The van der Waals surface area contributed by atoms with Crippen molar-refractivity contribution in [2.24, 2.45) is 0 Å². The predicted molar refractivity (Wildman–Crippen MR) is 156 cm³/mol. The monoisotopic (exact) mass is 512 g/mol. The van der Waals surface area contributed by atoms with E-state index in [0.29, 0.717) is 6.04 Å². The highest BCUT2D eigenvalue weighted by Gasteiger charge is 2.16. The molecule has 1 aliphatic carbocycles. The lowest BCUT2D eigenvalue weighted by Gasteiger charge is -2.30. The van der Waals surface area contributed by atoms with Crippen molar-refractivity contribution in [3.63, 3.8) is 0 Å². The third-order valence-corrected chi connectivity index (χ3v) is 7.19. The molecule has 0 aliphatic heterocycles. The molecule has 6 heteroatoms. The van der Waals surface area contributed by atoms with Gasteiger partial charge in [-0.3, -0.25) is 19.8 Å². The Balaban J connectivity index is 1.28. The van der Waals surface area contributed by atoms with E-state index in [0.717, 1.165) is 70.3 Å². The van der Waals surface area contributed by atoms with Crippen LogP contribution in [0.2, 0.25) is 0 Å². The van der Waals surface area contributed by atoms with E-state index < -0.39 is 0 Å². The first-order chi connectivity index (χ1) is 18.8. The zero-order valence-electron chi connectivity index (χ0n) is 22.9. The molecule has 0 amide bonds. The maximum Gasteiger partial charge on any atom is 0.0541 e. The van der Waals surface area contributed by atoms with Crippen molar-refractivity contribution in [1.29, 1.82) is 0 Å². The molecule has 202 valence electrons. The van der Waals surface area contributed by atoms with Gasteiger partial charge in [-0.15, -0.1) is 0 Å². The van der Waals surface area contributed by atoms with Gasteiger partial charge in [0.15, 0.2) is 0 Å². The molecule has 2 N–H and O–H groups in total. The molecular weight excluding hydrogens is 468 g/mol. The number of aromatic nitrogens is 2. The fraction of sp³-hybridized carbons (Fsp3) is 0.438. The van der Waals surface area contributed by atoms with Crippen LogP contribution in [0, 0.1) is 0 Å². The van der Waals surface area contributed by atoms with E-state index in [2.05, 4.69) is 85.9 Å². The van der Waals surface area contributed by atoms with E-state index in [1.807, 2.05) is 36.7 Å². The largest absolute Gasteiger partial charge is 0.310 e. The average Bonchev–Trinajstić information content (AvgIpc) is 2.98. The van der Waals surface area contributed by atoms with Crippen LogP contribution in [0.3, 0.4) is 0 Å². The fourth-order valence-electron chi connectivity index (χ4n) is 4.99. The standard InChI is InChI=1S/C32H44N6/c1-2-38(32-12-4-3-5-13-32)27-29-16-14-28(15-17-29)26-37(22-20-33-24-30-10-6-8-18-35-30)23-21-34-25-31-11-7-9-19-36-31/h4,6-12,14-19,32-34H,2-3,5,13,20-27H2,1H3. The molecule has 2 heterocycles. The van der Waals surface area contributed by atoms with Crippen molar-refractivity contribution in [3.05, 3.63) is 108 Å². The molecule has 1 aromatic carbocycles. The molecule has 0 radical (unpaired) electrons. The van der Waals surface area contributed by atoms with Crippen molar-refractivity contribution in [2.75, 3.05) is 32.7 Å². The van der Waals surface area contributed by atoms with Crippen LogP contribution in [-0.4, -0.2) is 58.5 Å². The van der Waals surface area contributed by atoms with Crippen LogP contribution in [0.5, 0.6) is 0 Å². The first-order valence-corrected chi connectivity index (χ1v) is 14.2. The third kappa shape index (κ3) is 9.76. The second-order valence-corrected chi connectivity index (χ2v) is 10.1. The first kappa shape index (κ1) is 28.1. The Labute approximate surface area is 229 Å². The van der Waals surface area contributed by atoms with Gasteiger partial charge in [-0.25, -0.2) is 0 Å². The van der Waals surface area contributed by atoms with Gasteiger partial charge in [-0.1, -0.05) is 55.5 Å². The second kappa shape index (κ2) is 16.1. The molecule has 0 fully saturated rings. The molecule has 1 aliphatic rings. The van der Waals surface area contributed by atoms with Crippen molar-refractivity contribution in [1.82, 2.24) is 30.4 Å². The predicted octanol–water partition coefficient (Wildman–Crippen LogP) is 4.79. The molecule has 3 aromatic rings. The Hall–Kier alpha value is -2.90. The van der Waals surface area contributed by atoms with Crippen molar-refractivity contribution < 1.29 is 0 Å². The van der Waals surface area contributed by atoms with Gasteiger partial charge in [0.1, 0.15) is 0 Å².